The summed E-state index contributed by atoms with van der Waals surface area (Å²) in [5.74, 6) is 0.191. The maximum atomic E-state index is 13.1. The van der Waals surface area contributed by atoms with Gasteiger partial charge in [0.2, 0.25) is 0 Å². The van der Waals surface area contributed by atoms with Crippen LogP contribution in [-0.2, 0) is 4.79 Å². The molecule has 1 aromatic rings. The molecular weight excluding hydrogens is 326 g/mol. The van der Waals surface area contributed by atoms with Crippen molar-refractivity contribution in [1.29, 1.82) is 0 Å². The summed E-state index contributed by atoms with van der Waals surface area (Å²) < 4.78 is 0. The number of amides is 3. The number of carbonyl (C=O) groups excluding carboxylic acids is 2. The fraction of sp³-hybridized carbons (Fsp3) is 0.524. The van der Waals surface area contributed by atoms with Crippen molar-refractivity contribution in [2.24, 2.45) is 5.92 Å². The van der Waals surface area contributed by atoms with Crippen molar-refractivity contribution in [3.63, 3.8) is 0 Å². The van der Waals surface area contributed by atoms with Gasteiger partial charge >= 0.3 is 6.03 Å². The molecule has 0 aromatic heterocycles. The van der Waals surface area contributed by atoms with Gasteiger partial charge in [0.05, 0.1) is 6.67 Å². The lowest BCUT2D eigenvalue weighted by atomic mass is 9.73. The fourth-order valence-corrected chi connectivity index (χ4v) is 4.58. The first-order valence-corrected chi connectivity index (χ1v) is 9.71. The molecule has 26 heavy (non-hydrogen) atoms. The predicted octanol–water partition coefficient (Wildman–Crippen LogP) is 3.23. The molecule has 4 rings (SSSR count). The summed E-state index contributed by atoms with van der Waals surface area (Å²) in [5, 5.41) is 3.04. The van der Waals surface area contributed by atoms with E-state index in [2.05, 4.69) is 47.5 Å². The molecule has 1 saturated heterocycles. The van der Waals surface area contributed by atoms with Gasteiger partial charge in [0.1, 0.15) is 5.54 Å². The third-order valence-corrected chi connectivity index (χ3v) is 6.28. The summed E-state index contributed by atoms with van der Waals surface area (Å²) in [5.41, 5.74) is 1.95. The molecule has 1 aromatic carbocycles. The second-order valence-corrected chi connectivity index (χ2v) is 7.85. The zero-order valence-corrected chi connectivity index (χ0v) is 15.4. The Hall–Kier alpha value is -2.14. The van der Waals surface area contributed by atoms with Crippen LogP contribution in [0.5, 0.6) is 0 Å². The molecule has 3 aliphatic rings. The summed E-state index contributed by atoms with van der Waals surface area (Å²) in [4.78, 5) is 29.2. The van der Waals surface area contributed by atoms with Crippen LogP contribution in [0.4, 0.5) is 4.79 Å². The maximum Gasteiger partial charge on any atom is 0.326 e. The summed E-state index contributed by atoms with van der Waals surface area (Å²) in [7, 11) is 0. The number of hydrogen-bond acceptors (Lipinski definition) is 3. The van der Waals surface area contributed by atoms with E-state index in [-0.39, 0.29) is 17.9 Å². The van der Waals surface area contributed by atoms with Crippen LogP contribution in [0.3, 0.4) is 0 Å². The van der Waals surface area contributed by atoms with Gasteiger partial charge in [-0.15, -0.1) is 0 Å². The first kappa shape index (κ1) is 17.3. The molecule has 1 aliphatic carbocycles. The Labute approximate surface area is 155 Å². The second-order valence-electron chi connectivity index (χ2n) is 7.85. The average molecular weight is 353 g/mol. The van der Waals surface area contributed by atoms with Crippen molar-refractivity contribution in [2.45, 2.75) is 44.6 Å². The number of rotatable bonds is 3. The molecule has 1 spiro atoms. The van der Waals surface area contributed by atoms with Crippen LogP contribution >= 0.6 is 0 Å². The Morgan fingerprint density at radius 1 is 1.19 bits per heavy atom. The molecule has 2 heterocycles. The van der Waals surface area contributed by atoms with Crippen LogP contribution in [0.1, 0.15) is 44.6 Å². The molecular formula is C21H27N3O2. The molecule has 3 amide bonds. The molecule has 5 heteroatoms. The van der Waals surface area contributed by atoms with E-state index in [0.717, 1.165) is 45.2 Å². The van der Waals surface area contributed by atoms with E-state index in [0.29, 0.717) is 6.67 Å². The Morgan fingerprint density at radius 3 is 2.69 bits per heavy atom. The predicted molar refractivity (Wildman–Crippen MR) is 101 cm³/mol. The maximum absolute atomic E-state index is 13.1. The highest BCUT2D eigenvalue weighted by Gasteiger charge is 2.55. The quantitative estimate of drug-likeness (QED) is 0.849. The first-order valence-electron chi connectivity index (χ1n) is 9.71. The minimum atomic E-state index is -0.657. The lowest BCUT2D eigenvalue weighted by Crippen LogP contribution is -2.54. The number of benzene rings is 1. The lowest BCUT2D eigenvalue weighted by Gasteiger charge is -2.37. The van der Waals surface area contributed by atoms with Crippen molar-refractivity contribution >= 4 is 17.5 Å². The third-order valence-electron chi connectivity index (χ3n) is 6.28. The third kappa shape index (κ3) is 2.94. The number of urea groups is 1. The Balaban J connectivity index is 1.43. The largest absolute Gasteiger partial charge is 0.326 e. The van der Waals surface area contributed by atoms with Gasteiger partial charge < -0.3 is 5.32 Å². The van der Waals surface area contributed by atoms with E-state index in [1.54, 1.807) is 0 Å². The Bertz CT molecular complexity index is 730. The van der Waals surface area contributed by atoms with Gasteiger partial charge in [-0.25, -0.2) is 9.69 Å². The molecule has 0 unspecified atom stereocenters. The fourth-order valence-electron chi connectivity index (χ4n) is 4.58. The molecule has 0 bridgehead atoms. The number of carbonyl (C=O) groups is 2. The molecule has 1 saturated carbocycles. The van der Waals surface area contributed by atoms with Crippen molar-refractivity contribution in [2.75, 3.05) is 19.8 Å². The summed E-state index contributed by atoms with van der Waals surface area (Å²) >= 11 is 0. The van der Waals surface area contributed by atoms with Gasteiger partial charge in [-0.05, 0) is 36.3 Å². The zero-order valence-electron chi connectivity index (χ0n) is 15.4. The van der Waals surface area contributed by atoms with Gasteiger partial charge in [0.15, 0.2) is 0 Å². The van der Waals surface area contributed by atoms with Crippen LogP contribution in [0.2, 0.25) is 0 Å². The zero-order chi connectivity index (χ0) is 18.1. The normalized spacial score (nSPS) is 29.8. The van der Waals surface area contributed by atoms with Crippen LogP contribution in [0.15, 0.2) is 36.4 Å². The highest BCUT2D eigenvalue weighted by molar-refractivity contribution is 6.07. The standard InChI is InChI=1S/C21H27N3O2/c1-16-7-5-6-12-21(16)19(25)24(20(26)22-21)15-23-13-10-18(11-14-23)17-8-3-2-4-9-17/h2-4,8-10,16H,5-7,11-15H2,1H3,(H,22,26)/t16-,21+/m1/s1. The molecule has 2 fully saturated rings. The SMILES string of the molecule is C[C@@H]1CCCC[C@]12NC(=O)N(CN1CC=C(c3ccccc3)CC1)C2=O. The highest BCUT2D eigenvalue weighted by atomic mass is 16.2. The van der Waals surface area contributed by atoms with Crippen LogP contribution < -0.4 is 5.32 Å². The average Bonchev–Trinajstić information content (AvgIpc) is 2.90. The second kappa shape index (κ2) is 6.88. The van der Waals surface area contributed by atoms with Crippen LogP contribution in [0.25, 0.3) is 5.57 Å². The van der Waals surface area contributed by atoms with E-state index >= 15 is 0 Å². The molecule has 2 atom stereocenters. The van der Waals surface area contributed by atoms with E-state index < -0.39 is 5.54 Å². The van der Waals surface area contributed by atoms with Gasteiger partial charge in [0.25, 0.3) is 5.91 Å². The molecule has 2 aliphatic heterocycles. The van der Waals surface area contributed by atoms with Crippen molar-refractivity contribution < 1.29 is 9.59 Å². The number of imide groups is 1. The Morgan fingerprint density at radius 2 is 2.00 bits per heavy atom. The monoisotopic (exact) mass is 353 g/mol. The lowest BCUT2D eigenvalue weighted by molar-refractivity contribution is -0.135. The summed E-state index contributed by atoms with van der Waals surface area (Å²) in [6.07, 6.45) is 7.09. The molecule has 138 valence electrons. The van der Waals surface area contributed by atoms with Gasteiger partial charge in [-0.1, -0.05) is 56.2 Å². The minimum absolute atomic E-state index is 0.0208. The molecule has 5 nitrogen and oxygen atoms in total. The number of hydrogen-bond donors (Lipinski definition) is 1. The summed E-state index contributed by atoms with van der Waals surface area (Å²) in [6, 6.07) is 10.2. The topological polar surface area (TPSA) is 52.7 Å². The van der Waals surface area contributed by atoms with Crippen LogP contribution in [-0.4, -0.2) is 47.0 Å². The smallest absolute Gasteiger partial charge is 0.323 e. The Kier molecular flexibility index (Phi) is 4.57. The highest BCUT2D eigenvalue weighted by Crippen LogP contribution is 2.38. The van der Waals surface area contributed by atoms with Crippen molar-refractivity contribution in [3.05, 3.63) is 42.0 Å². The van der Waals surface area contributed by atoms with Crippen molar-refractivity contribution in [3.8, 4) is 0 Å². The van der Waals surface area contributed by atoms with Crippen LogP contribution in [0, 0.1) is 5.92 Å². The van der Waals surface area contributed by atoms with E-state index in [1.165, 1.54) is 16.0 Å². The van der Waals surface area contributed by atoms with E-state index in [1.807, 2.05) is 6.07 Å². The minimum Gasteiger partial charge on any atom is -0.323 e. The van der Waals surface area contributed by atoms with E-state index in [9.17, 15) is 9.59 Å². The summed E-state index contributed by atoms with van der Waals surface area (Å²) in [6.45, 7) is 4.11. The van der Waals surface area contributed by atoms with Gasteiger partial charge in [-0.3, -0.25) is 9.69 Å². The molecule has 0 radical (unpaired) electrons. The van der Waals surface area contributed by atoms with Crippen molar-refractivity contribution in [1.82, 2.24) is 15.1 Å². The number of nitrogens with one attached hydrogen (secondary N) is 1. The van der Waals surface area contributed by atoms with Gasteiger partial charge in [0, 0.05) is 13.1 Å². The number of nitrogens with zero attached hydrogens (tertiary/aromatic N) is 2. The molecule has 1 N–H and O–H groups in total. The van der Waals surface area contributed by atoms with E-state index in [4.69, 9.17) is 0 Å². The van der Waals surface area contributed by atoms with Gasteiger partial charge in [-0.2, -0.15) is 0 Å². The first-order chi connectivity index (χ1) is 12.6.